The maximum Gasteiger partial charge on any atom is 0.431 e. The Labute approximate surface area is 196 Å². The number of amides is 1. The van der Waals surface area contributed by atoms with Gasteiger partial charge >= 0.3 is 6.18 Å². The van der Waals surface area contributed by atoms with Crippen molar-refractivity contribution in [3.05, 3.63) is 57.1 Å². The number of ether oxygens (including phenoxy) is 1. The van der Waals surface area contributed by atoms with E-state index in [0.717, 1.165) is 30.9 Å². The van der Waals surface area contributed by atoms with Crippen LogP contribution in [0.5, 0.6) is 0 Å². The molecular formula is C23H23F4N5O3. The Morgan fingerprint density at radius 3 is 2.43 bits per heavy atom. The van der Waals surface area contributed by atoms with E-state index in [0.29, 0.717) is 48.8 Å². The normalized spacial score (nSPS) is 18.3. The zero-order valence-corrected chi connectivity index (χ0v) is 18.6. The minimum absolute atomic E-state index is 0.190. The molecule has 0 atom stereocenters. The SMILES string of the molecule is O=C(c1ccc(C(F)(F)F)[nH]c1=O)N1CCC(c2c(F)cnc3nc(C4CCOCC4)[nH]c23)CC1. The maximum atomic E-state index is 14.9. The van der Waals surface area contributed by atoms with Crippen molar-refractivity contribution in [3.8, 4) is 0 Å². The summed E-state index contributed by atoms with van der Waals surface area (Å²) in [5.74, 6) is -0.365. The van der Waals surface area contributed by atoms with E-state index in [-0.39, 0.29) is 30.5 Å². The van der Waals surface area contributed by atoms with Crippen LogP contribution in [0.25, 0.3) is 11.2 Å². The number of hydrogen-bond acceptors (Lipinski definition) is 5. The lowest BCUT2D eigenvalue weighted by molar-refractivity contribution is -0.141. The zero-order valence-electron chi connectivity index (χ0n) is 18.6. The number of piperidine rings is 1. The fraction of sp³-hybridized carbons (Fsp3) is 0.478. The van der Waals surface area contributed by atoms with Crippen LogP contribution < -0.4 is 5.56 Å². The number of nitrogens with one attached hydrogen (secondary N) is 2. The Morgan fingerprint density at radius 1 is 1.06 bits per heavy atom. The zero-order chi connectivity index (χ0) is 24.7. The van der Waals surface area contributed by atoms with Crippen LogP contribution in [0.4, 0.5) is 17.6 Å². The Morgan fingerprint density at radius 2 is 1.77 bits per heavy atom. The number of pyridine rings is 2. The molecule has 0 radical (unpaired) electrons. The smallest absolute Gasteiger partial charge is 0.381 e. The Kier molecular flexibility index (Phi) is 6.07. The Hall–Kier alpha value is -3.28. The molecule has 2 aliphatic heterocycles. The topological polar surface area (TPSA) is 104 Å². The summed E-state index contributed by atoms with van der Waals surface area (Å²) in [7, 11) is 0. The molecule has 186 valence electrons. The monoisotopic (exact) mass is 493 g/mol. The Bertz CT molecular complexity index is 1300. The quantitative estimate of drug-likeness (QED) is 0.542. The summed E-state index contributed by atoms with van der Waals surface area (Å²) in [4.78, 5) is 40.0. The van der Waals surface area contributed by atoms with Gasteiger partial charge in [0.2, 0.25) is 0 Å². The van der Waals surface area contributed by atoms with E-state index in [1.807, 2.05) is 0 Å². The lowest BCUT2D eigenvalue weighted by atomic mass is 9.88. The number of fused-ring (bicyclic) bond motifs is 1. The van der Waals surface area contributed by atoms with Crippen LogP contribution in [-0.4, -0.2) is 57.0 Å². The average molecular weight is 493 g/mol. The third-order valence-electron chi connectivity index (χ3n) is 6.77. The van der Waals surface area contributed by atoms with Crippen molar-refractivity contribution in [2.75, 3.05) is 26.3 Å². The summed E-state index contributed by atoms with van der Waals surface area (Å²) in [6.07, 6.45) is -1.07. The summed E-state index contributed by atoms with van der Waals surface area (Å²) >= 11 is 0. The van der Waals surface area contributed by atoms with E-state index in [1.165, 1.54) is 4.90 Å². The van der Waals surface area contributed by atoms with Crippen LogP contribution in [0.1, 0.15) is 65.0 Å². The van der Waals surface area contributed by atoms with Crippen molar-refractivity contribution in [3.63, 3.8) is 0 Å². The van der Waals surface area contributed by atoms with Crippen molar-refractivity contribution >= 4 is 17.1 Å². The number of aromatic nitrogens is 4. The molecule has 2 saturated heterocycles. The molecule has 12 heteroatoms. The molecule has 0 aromatic carbocycles. The molecule has 0 aliphatic carbocycles. The van der Waals surface area contributed by atoms with Gasteiger partial charge in [0, 0.05) is 37.8 Å². The first-order valence-corrected chi connectivity index (χ1v) is 11.4. The van der Waals surface area contributed by atoms with Crippen LogP contribution >= 0.6 is 0 Å². The van der Waals surface area contributed by atoms with Crippen LogP contribution in [-0.2, 0) is 10.9 Å². The van der Waals surface area contributed by atoms with E-state index >= 15 is 0 Å². The van der Waals surface area contributed by atoms with Crippen LogP contribution in [0, 0.1) is 5.82 Å². The van der Waals surface area contributed by atoms with Gasteiger partial charge in [-0.2, -0.15) is 13.2 Å². The minimum atomic E-state index is -4.71. The number of nitrogens with zero attached hydrogens (tertiary/aromatic N) is 3. The molecule has 8 nitrogen and oxygen atoms in total. The first-order chi connectivity index (χ1) is 16.7. The molecule has 3 aromatic heterocycles. The third kappa shape index (κ3) is 4.54. The first kappa shape index (κ1) is 23.5. The highest BCUT2D eigenvalue weighted by atomic mass is 19.4. The first-order valence-electron chi connectivity index (χ1n) is 11.4. The van der Waals surface area contributed by atoms with Gasteiger partial charge in [-0.1, -0.05) is 0 Å². The van der Waals surface area contributed by atoms with Crippen molar-refractivity contribution in [2.24, 2.45) is 0 Å². The second kappa shape index (κ2) is 9.06. The second-order valence-electron chi connectivity index (χ2n) is 8.91. The van der Waals surface area contributed by atoms with E-state index in [2.05, 4.69) is 15.0 Å². The van der Waals surface area contributed by atoms with Gasteiger partial charge in [-0.3, -0.25) is 9.59 Å². The molecule has 0 saturated carbocycles. The summed E-state index contributed by atoms with van der Waals surface area (Å²) in [6.45, 7) is 1.75. The van der Waals surface area contributed by atoms with Gasteiger partial charge in [-0.05, 0) is 43.7 Å². The highest BCUT2D eigenvalue weighted by Gasteiger charge is 2.34. The maximum absolute atomic E-state index is 14.9. The predicted octanol–water partition coefficient (Wildman–Crippen LogP) is 3.72. The molecule has 5 heterocycles. The number of H-pyrrole nitrogens is 2. The second-order valence-corrected chi connectivity index (χ2v) is 8.91. The molecule has 0 spiro atoms. The van der Waals surface area contributed by atoms with Crippen molar-refractivity contribution in [1.29, 1.82) is 0 Å². The fourth-order valence-electron chi connectivity index (χ4n) is 4.88. The van der Waals surface area contributed by atoms with E-state index in [9.17, 15) is 27.2 Å². The fourth-order valence-corrected chi connectivity index (χ4v) is 4.88. The number of alkyl halides is 3. The standard InChI is InChI=1S/C23H23F4N5O3/c24-15-11-28-20-18(30-19(31-20)13-5-9-35-10-6-13)17(15)12-3-7-32(8-4-12)22(34)14-1-2-16(23(25,26)27)29-21(14)33/h1-2,11-13H,3-10H2,(H,29,33)(H,28,30,31). The molecule has 2 fully saturated rings. The molecule has 2 aliphatic rings. The predicted molar refractivity (Wildman–Crippen MR) is 117 cm³/mol. The number of rotatable bonds is 3. The summed E-state index contributed by atoms with van der Waals surface area (Å²) in [6, 6.07) is 1.57. The van der Waals surface area contributed by atoms with Gasteiger partial charge < -0.3 is 19.6 Å². The van der Waals surface area contributed by atoms with Gasteiger partial charge in [-0.15, -0.1) is 0 Å². The van der Waals surface area contributed by atoms with Gasteiger partial charge in [-0.25, -0.2) is 14.4 Å². The van der Waals surface area contributed by atoms with Crippen molar-refractivity contribution < 1.29 is 27.1 Å². The van der Waals surface area contributed by atoms with Crippen molar-refractivity contribution in [2.45, 2.75) is 43.7 Å². The van der Waals surface area contributed by atoms with E-state index < -0.39 is 29.2 Å². The number of hydrogen-bond donors (Lipinski definition) is 2. The highest BCUT2D eigenvalue weighted by Crippen LogP contribution is 2.35. The molecule has 0 unspecified atom stereocenters. The van der Waals surface area contributed by atoms with Crippen LogP contribution in [0.3, 0.4) is 0 Å². The third-order valence-corrected chi connectivity index (χ3v) is 6.77. The number of carbonyl (C=O) groups excluding carboxylic acids is 1. The van der Waals surface area contributed by atoms with Gasteiger partial charge in [0.05, 0.1) is 11.7 Å². The number of likely N-dealkylation sites (tertiary alicyclic amines) is 1. The molecule has 5 rings (SSSR count). The molecule has 1 amide bonds. The summed E-state index contributed by atoms with van der Waals surface area (Å²) in [5, 5.41) is 0. The number of halogens is 4. The average Bonchev–Trinajstić information content (AvgIpc) is 3.28. The van der Waals surface area contributed by atoms with Crippen LogP contribution in [0.2, 0.25) is 0 Å². The van der Waals surface area contributed by atoms with Crippen molar-refractivity contribution in [1.82, 2.24) is 24.8 Å². The summed E-state index contributed by atoms with van der Waals surface area (Å²) in [5.41, 5.74) is -1.20. The molecule has 3 aromatic rings. The van der Waals surface area contributed by atoms with Crippen LogP contribution in [0.15, 0.2) is 23.1 Å². The van der Waals surface area contributed by atoms with Gasteiger partial charge in [0.15, 0.2) is 5.65 Å². The number of imidazole rings is 1. The Balaban J connectivity index is 1.33. The largest absolute Gasteiger partial charge is 0.431 e. The van der Waals surface area contributed by atoms with Gasteiger partial charge in [0.1, 0.15) is 22.9 Å². The molecule has 2 N–H and O–H groups in total. The summed E-state index contributed by atoms with van der Waals surface area (Å²) < 4.78 is 58.7. The lowest BCUT2D eigenvalue weighted by Crippen LogP contribution is -2.40. The molecule has 35 heavy (non-hydrogen) atoms. The number of aromatic amines is 2. The van der Waals surface area contributed by atoms with E-state index in [4.69, 9.17) is 4.74 Å². The highest BCUT2D eigenvalue weighted by molar-refractivity contribution is 5.94. The number of carbonyl (C=O) groups is 1. The minimum Gasteiger partial charge on any atom is -0.381 e. The molecular weight excluding hydrogens is 470 g/mol. The molecule has 0 bridgehead atoms. The van der Waals surface area contributed by atoms with Gasteiger partial charge in [0.25, 0.3) is 11.5 Å². The lowest BCUT2D eigenvalue weighted by Gasteiger charge is -2.32. The van der Waals surface area contributed by atoms with E-state index in [1.54, 1.807) is 4.98 Å².